The van der Waals surface area contributed by atoms with Gasteiger partial charge in [0, 0.05) is 15.0 Å². The van der Waals surface area contributed by atoms with Crippen LogP contribution in [0.15, 0.2) is 32.9 Å². The van der Waals surface area contributed by atoms with Crippen molar-refractivity contribution < 1.29 is 24.2 Å². The minimum Gasteiger partial charge on any atom is -0.466 e. The van der Waals surface area contributed by atoms with Crippen LogP contribution in [0.5, 0.6) is 0 Å². The van der Waals surface area contributed by atoms with Gasteiger partial charge in [0.05, 0.1) is 31.9 Å². The van der Waals surface area contributed by atoms with E-state index in [0.717, 1.165) is 10.5 Å². The number of benzene rings is 1. The molecule has 1 aliphatic rings. The van der Waals surface area contributed by atoms with Crippen LogP contribution >= 0.6 is 31.9 Å². The third kappa shape index (κ3) is 4.68. The molecule has 0 saturated heterocycles. The van der Waals surface area contributed by atoms with Gasteiger partial charge in [0.25, 0.3) is 11.8 Å². The van der Waals surface area contributed by atoms with Crippen LogP contribution in [0.1, 0.15) is 12.5 Å². The molecule has 0 spiro atoms. The maximum absolute atomic E-state index is 12.2. The Hall–Kier alpha value is -1.71. The molecule has 1 aliphatic heterocycles. The Morgan fingerprint density at radius 2 is 1.92 bits per heavy atom. The average molecular weight is 476 g/mol. The third-order valence-electron chi connectivity index (χ3n) is 3.35. The Morgan fingerprint density at radius 3 is 2.48 bits per heavy atom. The predicted molar refractivity (Wildman–Crippen MR) is 97.7 cm³/mol. The van der Waals surface area contributed by atoms with Crippen LogP contribution in [-0.2, 0) is 25.5 Å². The van der Waals surface area contributed by atoms with Gasteiger partial charge in [0.1, 0.15) is 5.70 Å². The second-order valence-corrected chi connectivity index (χ2v) is 6.83. The fourth-order valence-electron chi connectivity index (χ4n) is 2.27. The van der Waals surface area contributed by atoms with Gasteiger partial charge < -0.3 is 15.2 Å². The normalized spacial score (nSPS) is 13.9. The zero-order valence-electron chi connectivity index (χ0n) is 13.3. The zero-order chi connectivity index (χ0) is 18.6. The number of β-amino-alcohol motifs (C(OH)–C–C–N with tert-alkyl or cyclic N) is 1. The van der Waals surface area contributed by atoms with E-state index in [4.69, 9.17) is 9.84 Å². The van der Waals surface area contributed by atoms with Crippen molar-refractivity contribution in [1.29, 1.82) is 0 Å². The van der Waals surface area contributed by atoms with E-state index in [-0.39, 0.29) is 31.2 Å². The summed E-state index contributed by atoms with van der Waals surface area (Å²) < 4.78 is 6.15. The second-order valence-electron chi connectivity index (χ2n) is 5.12. The van der Waals surface area contributed by atoms with Gasteiger partial charge in [-0.3, -0.25) is 19.3 Å². The van der Waals surface area contributed by atoms with Crippen molar-refractivity contribution >= 4 is 55.3 Å². The summed E-state index contributed by atoms with van der Waals surface area (Å²) in [4.78, 5) is 36.5. The van der Waals surface area contributed by atoms with Gasteiger partial charge >= 0.3 is 5.97 Å². The van der Waals surface area contributed by atoms with Crippen LogP contribution in [0, 0.1) is 0 Å². The van der Waals surface area contributed by atoms with Crippen LogP contribution in [-0.4, -0.2) is 47.5 Å². The molecule has 134 valence electrons. The zero-order valence-corrected chi connectivity index (χ0v) is 16.5. The summed E-state index contributed by atoms with van der Waals surface area (Å²) in [5.41, 5.74) is 1.39. The molecule has 9 heteroatoms. The standard InChI is InChI=1S/C16H16Br2N2O5/c1-2-25-14(23)7-9-5-10(17)15(11(18)6-9)19-12-8-13(22)20(3-4-21)16(12)24/h5-6,8,19,21H,2-4,7H2,1H3. The lowest BCUT2D eigenvalue weighted by atomic mass is 10.1. The van der Waals surface area contributed by atoms with Crippen molar-refractivity contribution in [2.45, 2.75) is 13.3 Å². The molecule has 0 unspecified atom stereocenters. The van der Waals surface area contributed by atoms with Crippen molar-refractivity contribution in [2.24, 2.45) is 0 Å². The Kier molecular flexibility index (Phi) is 6.74. The molecule has 7 nitrogen and oxygen atoms in total. The number of esters is 1. The number of carbonyl (C=O) groups excluding carboxylic acids is 3. The van der Waals surface area contributed by atoms with Crippen LogP contribution in [0.4, 0.5) is 5.69 Å². The number of hydrogen-bond acceptors (Lipinski definition) is 6. The first kappa shape index (κ1) is 19.6. The van der Waals surface area contributed by atoms with E-state index in [1.54, 1.807) is 19.1 Å². The van der Waals surface area contributed by atoms with Crippen LogP contribution in [0.3, 0.4) is 0 Å². The Balaban J connectivity index is 2.18. The number of hydrogen-bond donors (Lipinski definition) is 2. The molecule has 0 bridgehead atoms. The van der Waals surface area contributed by atoms with Crippen molar-refractivity contribution in [3.05, 3.63) is 38.4 Å². The number of anilines is 1. The number of aliphatic hydroxyl groups excluding tert-OH is 1. The lowest BCUT2D eigenvalue weighted by Gasteiger charge is -2.15. The summed E-state index contributed by atoms with van der Waals surface area (Å²) in [5.74, 6) is -1.32. The van der Waals surface area contributed by atoms with Gasteiger partial charge in [-0.25, -0.2) is 0 Å². The van der Waals surface area contributed by atoms with E-state index < -0.39 is 11.8 Å². The number of ether oxygens (including phenoxy) is 1. The molecule has 0 fully saturated rings. The summed E-state index contributed by atoms with van der Waals surface area (Å²) in [6, 6.07) is 3.47. The van der Waals surface area contributed by atoms with Gasteiger partial charge in [-0.1, -0.05) is 0 Å². The number of imide groups is 1. The van der Waals surface area contributed by atoms with Gasteiger partial charge in [-0.2, -0.15) is 0 Å². The van der Waals surface area contributed by atoms with Gasteiger partial charge in [-0.15, -0.1) is 0 Å². The van der Waals surface area contributed by atoms with Crippen LogP contribution in [0.2, 0.25) is 0 Å². The van der Waals surface area contributed by atoms with E-state index in [1.165, 1.54) is 6.08 Å². The summed E-state index contributed by atoms with van der Waals surface area (Å²) >= 11 is 6.79. The molecule has 1 heterocycles. The van der Waals surface area contributed by atoms with Gasteiger partial charge in [0.2, 0.25) is 0 Å². The number of carbonyl (C=O) groups is 3. The van der Waals surface area contributed by atoms with Crippen molar-refractivity contribution in [1.82, 2.24) is 4.90 Å². The highest BCUT2D eigenvalue weighted by Gasteiger charge is 2.31. The largest absolute Gasteiger partial charge is 0.466 e. The quantitative estimate of drug-likeness (QED) is 0.462. The SMILES string of the molecule is CCOC(=O)Cc1cc(Br)c(NC2=CC(=O)N(CCO)C2=O)c(Br)c1. The molecule has 1 aromatic rings. The molecule has 0 aliphatic carbocycles. The summed E-state index contributed by atoms with van der Waals surface area (Å²) in [6.45, 7) is 1.70. The lowest BCUT2D eigenvalue weighted by Crippen LogP contribution is -2.34. The Morgan fingerprint density at radius 1 is 1.28 bits per heavy atom. The number of halogens is 2. The molecule has 2 amide bonds. The fourth-order valence-corrected chi connectivity index (χ4v) is 3.75. The van der Waals surface area contributed by atoms with Gasteiger partial charge in [-0.05, 0) is 56.5 Å². The Bertz CT molecular complexity index is 725. The second kappa shape index (κ2) is 8.59. The topological polar surface area (TPSA) is 95.9 Å². The highest BCUT2D eigenvalue weighted by Crippen LogP contribution is 2.34. The van der Waals surface area contributed by atoms with E-state index in [0.29, 0.717) is 21.2 Å². The molecule has 0 atom stereocenters. The van der Waals surface area contributed by atoms with Crippen molar-refractivity contribution in [2.75, 3.05) is 25.1 Å². The number of aliphatic hydroxyl groups is 1. The average Bonchev–Trinajstić information content (AvgIpc) is 2.79. The molecule has 0 radical (unpaired) electrons. The Labute approximate surface area is 161 Å². The van der Waals surface area contributed by atoms with Crippen LogP contribution < -0.4 is 5.32 Å². The van der Waals surface area contributed by atoms with Crippen LogP contribution in [0.25, 0.3) is 0 Å². The molecule has 2 N–H and O–H groups in total. The third-order valence-corrected chi connectivity index (χ3v) is 4.60. The maximum atomic E-state index is 12.2. The first-order valence-corrected chi connectivity index (χ1v) is 9.05. The molecule has 1 aromatic carbocycles. The molecular weight excluding hydrogens is 460 g/mol. The number of rotatable bonds is 7. The van der Waals surface area contributed by atoms with E-state index >= 15 is 0 Å². The van der Waals surface area contributed by atoms with Crippen molar-refractivity contribution in [3.8, 4) is 0 Å². The number of nitrogens with zero attached hydrogens (tertiary/aromatic N) is 1. The predicted octanol–water partition coefficient (Wildman–Crippen LogP) is 1.97. The molecule has 0 saturated carbocycles. The highest BCUT2D eigenvalue weighted by atomic mass is 79.9. The highest BCUT2D eigenvalue weighted by molar-refractivity contribution is 9.11. The number of nitrogens with one attached hydrogen (secondary N) is 1. The minimum atomic E-state index is -0.506. The van der Waals surface area contributed by atoms with E-state index in [1.807, 2.05) is 0 Å². The van der Waals surface area contributed by atoms with Gasteiger partial charge in [0.15, 0.2) is 0 Å². The number of amides is 2. The van der Waals surface area contributed by atoms with E-state index in [2.05, 4.69) is 37.2 Å². The molecular formula is C16H16Br2N2O5. The molecule has 0 aromatic heterocycles. The summed E-state index contributed by atoms with van der Waals surface area (Å²) in [5, 5.41) is 11.8. The maximum Gasteiger partial charge on any atom is 0.310 e. The van der Waals surface area contributed by atoms with E-state index in [9.17, 15) is 14.4 Å². The first-order chi connectivity index (χ1) is 11.9. The molecule has 2 rings (SSSR count). The summed E-state index contributed by atoms with van der Waals surface area (Å²) in [6.07, 6.45) is 1.30. The first-order valence-electron chi connectivity index (χ1n) is 7.46. The monoisotopic (exact) mass is 474 g/mol. The summed E-state index contributed by atoms with van der Waals surface area (Å²) in [7, 11) is 0. The van der Waals surface area contributed by atoms with Crippen molar-refractivity contribution in [3.63, 3.8) is 0 Å². The molecule has 25 heavy (non-hydrogen) atoms. The smallest absolute Gasteiger partial charge is 0.310 e. The fraction of sp³-hybridized carbons (Fsp3) is 0.312. The minimum absolute atomic E-state index is 0.0554. The lowest BCUT2D eigenvalue weighted by molar-refractivity contribution is -0.142.